The monoisotopic (exact) mass is 355 g/mol. The van der Waals surface area contributed by atoms with E-state index in [1.54, 1.807) is 12.1 Å². The van der Waals surface area contributed by atoms with Crippen LogP contribution in [0, 0.1) is 16.0 Å². The molecule has 1 aliphatic rings. The van der Waals surface area contributed by atoms with Crippen molar-refractivity contribution < 1.29 is 9.72 Å². The van der Waals surface area contributed by atoms with Crippen molar-refractivity contribution in [1.29, 1.82) is 0 Å². The van der Waals surface area contributed by atoms with Gasteiger partial charge in [0.2, 0.25) is 5.91 Å². The molecule has 1 amide bonds. The second-order valence-corrected chi connectivity index (χ2v) is 6.06. The second-order valence-electron chi connectivity index (χ2n) is 6.06. The van der Waals surface area contributed by atoms with E-state index in [9.17, 15) is 14.9 Å². The lowest BCUT2D eigenvalue weighted by atomic mass is 9.96. The molecule has 7 heteroatoms. The number of hydrogen-bond donors (Lipinski definition) is 1. The average molecular weight is 356 g/mol. The van der Waals surface area contributed by atoms with Crippen LogP contribution in [-0.4, -0.2) is 41.9 Å². The lowest BCUT2D eigenvalue weighted by Gasteiger charge is -2.32. The Morgan fingerprint density at radius 1 is 1.38 bits per heavy atom. The minimum absolute atomic E-state index is 0. The molecule has 1 aromatic rings. The van der Waals surface area contributed by atoms with Crippen LogP contribution in [0.15, 0.2) is 24.3 Å². The average Bonchev–Trinajstić information content (AvgIpc) is 2.58. The van der Waals surface area contributed by atoms with Gasteiger partial charge in [-0.1, -0.05) is 19.1 Å². The van der Waals surface area contributed by atoms with E-state index >= 15 is 0 Å². The molecule has 0 aromatic heterocycles. The van der Waals surface area contributed by atoms with E-state index in [1.807, 2.05) is 11.0 Å². The minimum atomic E-state index is -0.402. The van der Waals surface area contributed by atoms with Crippen LogP contribution in [0.25, 0.3) is 0 Å². The van der Waals surface area contributed by atoms with Crippen molar-refractivity contribution in [2.75, 3.05) is 26.2 Å². The van der Waals surface area contributed by atoms with E-state index in [2.05, 4.69) is 12.2 Å². The van der Waals surface area contributed by atoms with E-state index < -0.39 is 4.92 Å². The van der Waals surface area contributed by atoms with Gasteiger partial charge in [-0.3, -0.25) is 14.9 Å². The van der Waals surface area contributed by atoms with Crippen LogP contribution in [0.1, 0.15) is 31.7 Å². The van der Waals surface area contributed by atoms with Crippen molar-refractivity contribution >= 4 is 24.0 Å². The number of hydrogen-bond acceptors (Lipinski definition) is 4. The van der Waals surface area contributed by atoms with Crippen molar-refractivity contribution in [3.05, 3.63) is 39.9 Å². The number of likely N-dealkylation sites (tertiary alicyclic amines) is 1. The van der Waals surface area contributed by atoms with Gasteiger partial charge >= 0.3 is 0 Å². The van der Waals surface area contributed by atoms with Gasteiger partial charge in [-0.15, -0.1) is 12.4 Å². The minimum Gasteiger partial charge on any atom is -0.343 e. The van der Waals surface area contributed by atoms with Gasteiger partial charge in [-0.2, -0.15) is 0 Å². The van der Waals surface area contributed by atoms with Crippen LogP contribution in [0.5, 0.6) is 0 Å². The van der Waals surface area contributed by atoms with Gasteiger partial charge in [0.25, 0.3) is 5.69 Å². The second kappa shape index (κ2) is 10.3. The Morgan fingerprint density at radius 2 is 2.08 bits per heavy atom. The molecule has 1 aliphatic heterocycles. The highest BCUT2D eigenvalue weighted by Gasteiger charge is 2.22. The normalized spacial score (nSPS) is 15.0. The Morgan fingerprint density at radius 3 is 2.71 bits per heavy atom. The summed E-state index contributed by atoms with van der Waals surface area (Å²) in [6.07, 6.45) is 3.07. The zero-order valence-corrected chi connectivity index (χ0v) is 14.9. The maximum Gasteiger partial charge on any atom is 0.269 e. The molecule has 0 aliphatic carbocycles. The van der Waals surface area contributed by atoms with Gasteiger partial charge < -0.3 is 10.2 Å². The first-order valence-corrected chi connectivity index (χ1v) is 8.32. The molecule has 1 aromatic carbocycles. The van der Waals surface area contributed by atoms with Gasteiger partial charge in [0.15, 0.2) is 0 Å². The SMILES string of the molecule is CCNCC1CCN(C(=O)CCc2cccc([N+](=O)[O-])c2)CC1.Cl. The third-order valence-electron chi connectivity index (χ3n) is 4.40. The molecular weight excluding hydrogens is 330 g/mol. The smallest absolute Gasteiger partial charge is 0.269 e. The number of non-ortho nitro benzene ring substituents is 1. The number of nitro benzene ring substituents is 1. The Bertz CT molecular complexity index is 546. The molecule has 1 fully saturated rings. The predicted octanol–water partition coefficient (Wildman–Crippen LogP) is 2.80. The Labute approximate surface area is 149 Å². The van der Waals surface area contributed by atoms with Crippen LogP contribution in [0.3, 0.4) is 0 Å². The fraction of sp³-hybridized carbons (Fsp3) is 0.588. The highest BCUT2D eigenvalue weighted by Crippen LogP contribution is 2.18. The van der Waals surface area contributed by atoms with Gasteiger partial charge in [-0.25, -0.2) is 0 Å². The van der Waals surface area contributed by atoms with Gasteiger partial charge in [0, 0.05) is 31.6 Å². The summed E-state index contributed by atoms with van der Waals surface area (Å²) < 4.78 is 0. The summed E-state index contributed by atoms with van der Waals surface area (Å²) in [6.45, 7) is 5.77. The number of rotatable bonds is 7. The first-order chi connectivity index (χ1) is 11.1. The Kier molecular flexibility index (Phi) is 8.71. The van der Waals surface area contributed by atoms with Crippen molar-refractivity contribution in [1.82, 2.24) is 10.2 Å². The maximum absolute atomic E-state index is 12.3. The Hall–Kier alpha value is -1.66. The molecule has 134 valence electrons. The summed E-state index contributed by atoms with van der Waals surface area (Å²) in [5.74, 6) is 0.814. The predicted molar refractivity (Wildman–Crippen MR) is 96.5 cm³/mol. The molecule has 1 N–H and O–H groups in total. The molecule has 24 heavy (non-hydrogen) atoms. The van der Waals surface area contributed by atoms with E-state index in [0.717, 1.165) is 44.6 Å². The van der Waals surface area contributed by atoms with E-state index in [0.29, 0.717) is 18.8 Å². The van der Waals surface area contributed by atoms with Crippen molar-refractivity contribution in [2.45, 2.75) is 32.6 Å². The summed E-state index contributed by atoms with van der Waals surface area (Å²) in [6, 6.07) is 6.53. The molecule has 0 spiro atoms. The number of carbonyl (C=O) groups excluding carboxylic acids is 1. The molecule has 2 rings (SSSR count). The molecule has 1 saturated heterocycles. The molecule has 0 radical (unpaired) electrons. The molecule has 0 bridgehead atoms. The van der Waals surface area contributed by atoms with Crippen molar-refractivity contribution in [2.24, 2.45) is 5.92 Å². The van der Waals surface area contributed by atoms with Crippen LogP contribution in [0.4, 0.5) is 5.69 Å². The summed E-state index contributed by atoms with van der Waals surface area (Å²) in [5.41, 5.74) is 0.925. The number of nitro groups is 1. The van der Waals surface area contributed by atoms with Crippen LogP contribution in [0.2, 0.25) is 0 Å². The molecule has 0 saturated carbocycles. The summed E-state index contributed by atoms with van der Waals surface area (Å²) >= 11 is 0. The highest BCUT2D eigenvalue weighted by molar-refractivity contribution is 5.85. The fourth-order valence-corrected chi connectivity index (χ4v) is 2.97. The van der Waals surface area contributed by atoms with Crippen LogP contribution >= 0.6 is 12.4 Å². The van der Waals surface area contributed by atoms with Gasteiger partial charge in [0.1, 0.15) is 0 Å². The quantitative estimate of drug-likeness (QED) is 0.602. The number of carbonyl (C=O) groups is 1. The van der Waals surface area contributed by atoms with Crippen LogP contribution < -0.4 is 5.32 Å². The first-order valence-electron chi connectivity index (χ1n) is 8.32. The number of nitrogens with one attached hydrogen (secondary N) is 1. The third kappa shape index (κ3) is 6.09. The van der Waals surface area contributed by atoms with E-state index in [1.165, 1.54) is 6.07 Å². The number of benzene rings is 1. The molecule has 1 heterocycles. The first kappa shape index (κ1) is 20.4. The summed E-state index contributed by atoms with van der Waals surface area (Å²) in [5, 5.41) is 14.1. The number of piperidine rings is 1. The van der Waals surface area contributed by atoms with Gasteiger partial charge in [0.05, 0.1) is 4.92 Å². The summed E-state index contributed by atoms with van der Waals surface area (Å²) in [7, 11) is 0. The Balaban J connectivity index is 0.00000288. The molecule has 0 atom stereocenters. The zero-order chi connectivity index (χ0) is 16.7. The van der Waals surface area contributed by atoms with E-state index in [-0.39, 0.29) is 24.0 Å². The number of halogens is 1. The summed E-state index contributed by atoms with van der Waals surface area (Å²) in [4.78, 5) is 24.6. The lowest BCUT2D eigenvalue weighted by molar-refractivity contribution is -0.384. The number of amides is 1. The maximum atomic E-state index is 12.3. The molecule has 0 unspecified atom stereocenters. The van der Waals surface area contributed by atoms with Gasteiger partial charge in [-0.05, 0) is 43.8 Å². The van der Waals surface area contributed by atoms with Crippen molar-refractivity contribution in [3.63, 3.8) is 0 Å². The van der Waals surface area contributed by atoms with E-state index in [4.69, 9.17) is 0 Å². The lowest BCUT2D eigenvalue weighted by Crippen LogP contribution is -2.40. The number of aryl methyl sites for hydroxylation is 1. The largest absolute Gasteiger partial charge is 0.343 e. The third-order valence-corrected chi connectivity index (χ3v) is 4.40. The molecule has 6 nitrogen and oxygen atoms in total. The standard InChI is InChI=1S/C17H25N3O3.ClH/c1-2-18-13-15-8-10-19(11-9-15)17(21)7-6-14-4-3-5-16(12-14)20(22)23;/h3-5,12,15,18H,2,6-11,13H2,1H3;1H. The topological polar surface area (TPSA) is 75.5 Å². The zero-order valence-electron chi connectivity index (χ0n) is 14.1. The fourth-order valence-electron chi connectivity index (χ4n) is 2.97. The highest BCUT2D eigenvalue weighted by atomic mass is 35.5. The number of nitrogens with zero attached hydrogens (tertiary/aromatic N) is 2. The molecular formula is C17H26ClN3O3. The van der Waals surface area contributed by atoms with Crippen molar-refractivity contribution in [3.8, 4) is 0 Å². The van der Waals surface area contributed by atoms with Crippen LogP contribution in [-0.2, 0) is 11.2 Å².